The third kappa shape index (κ3) is 4.36. The van der Waals surface area contributed by atoms with Crippen LogP contribution in [0.3, 0.4) is 0 Å². The molecule has 0 spiro atoms. The Kier molecular flexibility index (Phi) is 4.94. The average molecular weight is 403 g/mol. The molecule has 0 bridgehead atoms. The van der Waals surface area contributed by atoms with Crippen molar-refractivity contribution in [1.82, 2.24) is 15.3 Å². The fourth-order valence-electron chi connectivity index (χ4n) is 3.54. The van der Waals surface area contributed by atoms with Crippen molar-refractivity contribution in [3.05, 3.63) is 60.0 Å². The zero-order valence-electron chi connectivity index (χ0n) is 15.7. The number of hydrogen-bond acceptors (Lipinski definition) is 3. The zero-order chi connectivity index (χ0) is 20.6. The van der Waals surface area contributed by atoms with E-state index in [-0.39, 0.29) is 29.5 Å². The second-order valence-electron chi connectivity index (χ2n) is 7.29. The first-order valence-electron chi connectivity index (χ1n) is 9.34. The van der Waals surface area contributed by atoms with Crippen LogP contribution in [0.4, 0.5) is 13.2 Å². The van der Waals surface area contributed by atoms with E-state index >= 15 is 0 Å². The Labute approximate surface area is 165 Å². The van der Waals surface area contributed by atoms with Gasteiger partial charge in [-0.05, 0) is 48.4 Å². The zero-order valence-corrected chi connectivity index (χ0v) is 15.7. The molecule has 1 unspecified atom stereocenters. The highest BCUT2D eigenvalue weighted by molar-refractivity contribution is 5.87. The fraction of sp³-hybridized carbons (Fsp3) is 0.333. The van der Waals surface area contributed by atoms with Crippen LogP contribution in [0.25, 0.3) is 10.9 Å². The summed E-state index contributed by atoms with van der Waals surface area (Å²) in [5.74, 6) is 0.0625. The number of halogens is 3. The third-order valence-corrected chi connectivity index (χ3v) is 5.11. The predicted octanol–water partition coefficient (Wildman–Crippen LogP) is 4.48. The first-order chi connectivity index (χ1) is 13.8. The Morgan fingerprint density at radius 1 is 1.31 bits per heavy atom. The van der Waals surface area contributed by atoms with E-state index in [2.05, 4.69) is 20.0 Å². The van der Waals surface area contributed by atoms with E-state index in [0.29, 0.717) is 5.69 Å². The number of nitrogens with zero attached hydrogens (tertiary/aromatic N) is 1. The summed E-state index contributed by atoms with van der Waals surface area (Å²) in [5, 5.41) is 4.07. The molecular formula is C21H20F3N3O2. The lowest BCUT2D eigenvalue weighted by Gasteiger charge is -2.14. The Morgan fingerprint density at radius 2 is 2.14 bits per heavy atom. The summed E-state index contributed by atoms with van der Waals surface area (Å²) in [6, 6.07) is 10.7. The number of aromatic amines is 1. The lowest BCUT2D eigenvalue weighted by atomic mass is 10.1. The average Bonchev–Trinajstić information content (AvgIpc) is 3.34. The van der Waals surface area contributed by atoms with Crippen molar-refractivity contribution in [2.45, 2.75) is 31.5 Å². The number of pyridine rings is 1. The van der Waals surface area contributed by atoms with Crippen LogP contribution in [0.2, 0.25) is 0 Å². The van der Waals surface area contributed by atoms with Gasteiger partial charge in [0.25, 0.3) is 0 Å². The van der Waals surface area contributed by atoms with Crippen molar-refractivity contribution in [2.24, 2.45) is 5.92 Å². The number of rotatable bonds is 6. The minimum Gasteiger partial charge on any atom is -0.483 e. The molecule has 0 aliphatic heterocycles. The summed E-state index contributed by atoms with van der Waals surface area (Å²) < 4.78 is 41.3. The van der Waals surface area contributed by atoms with Gasteiger partial charge in [-0.15, -0.1) is 0 Å². The molecular weight excluding hydrogens is 383 g/mol. The van der Waals surface area contributed by atoms with E-state index in [1.165, 1.54) is 12.3 Å². The number of alkyl halides is 3. The highest BCUT2D eigenvalue weighted by atomic mass is 19.4. The number of nitrogens with one attached hydrogen (secondary N) is 2. The largest absolute Gasteiger partial charge is 0.483 e. The van der Waals surface area contributed by atoms with Crippen molar-refractivity contribution >= 4 is 16.8 Å². The summed E-state index contributed by atoms with van der Waals surface area (Å²) in [6.07, 6.45) is -0.489. The second-order valence-corrected chi connectivity index (χ2v) is 7.29. The van der Waals surface area contributed by atoms with E-state index in [9.17, 15) is 18.0 Å². The van der Waals surface area contributed by atoms with Crippen molar-refractivity contribution in [3.8, 4) is 5.75 Å². The predicted molar refractivity (Wildman–Crippen MR) is 101 cm³/mol. The number of fused-ring (bicyclic) bond motifs is 1. The van der Waals surface area contributed by atoms with Gasteiger partial charge in [0.2, 0.25) is 5.91 Å². The molecule has 0 saturated heterocycles. The fourth-order valence-corrected chi connectivity index (χ4v) is 3.54. The summed E-state index contributed by atoms with van der Waals surface area (Å²) >= 11 is 0. The normalized spacial score (nSPS) is 19.7. The van der Waals surface area contributed by atoms with Crippen molar-refractivity contribution in [3.63, 3.8) is 0 Å². The van der Waals surface area contributed by atoms with Gasteiger partial charge in [0.05, 0.1) is 17.9 Å². The molecule has 5 nitrogen and oxygen atoms in total. The van der Waals surface area contributed by atoms with Crippen LogP contribution in [0.1, 0.15) is 36.6 Å². The first-order valence-corrected chi connectivity index (χ1v) is 9.34. The van der Waals surface area contributed by atoms with Crippen LogP contribution < -0.4 is 10.1 Å². The minimum atomic E-state index is -4.40. The van der Waals surface area contributed by atoms with E-state index in [1.807, 2.05) is 30.5 Å². The molecule has 1 fully saturated rings. The van der Waals surface area contributed by atoms with Crippen LogP contribution in [0.15, 0.2) is 48.8 Å². The number of aromatic nitrogens is 2. The van der Waals surface area contributed by atoms with Crippen LogP contribution >= 0.6 is 0 Å². The van der Waals surface area contributed by atoms with Gasteiger partial charge >= 0.3 is 6.18 Å². The SMILES string of the molecule is CC(NC(=O)[C@@H]1C[C@H]1c1cccc2cc[nH]c12)c1ccc(OCC(F)(F)F)cn1. The lowest BCUT2D eigenvalue weighted by Crippen LogP contribution is -2.29. The lowest BCUT2D eigenvalue weighted by molar-refractivity contribution is -0.153. The number of H-pyrrole nitrogens is 1. The molecule has 1 saturated carbocycles. The minimum absolute atomic E-state index is 0.0332. The van der Waals surface area contributed by atoms with E-state index in [0.717, 1.165) is 22.9 Å². The van der Waals surface area contributed by atoms with Gasteiger partial charge in [0.15, 0.2) is 6.61 Å². The van der Waals surface area contributed by atoms with Gasteiger partial charge < -0.3 is 15.0 Å². The van der Waals surface area contributed by atoms with Gasteiger partial charge in [0, 0.05) is 17.6 Å². The molecule has 3 atom stereocenters. The van der Waals surface area contributed by atoms with Crippen molar-refractivity contribution in [2.75, 3.05) is 6.61 Å². The van der Waals surface area contributed by atoms with E-state index in [1.54, 1.807) is 13.0 Å². The van der Waals surface area contributed by atoms with Crippen molar-refractivity contribution in [1.29, 1.82) is 0 Å². The van der Waals surface area contributed by atoms with Crippen LogP contribution in [0.5, 0.6) is 5.75 Å². The molecule has 1 aliphatic rings. The molecule has 29 heavy (non-hydrogen) atoms. The highest BCUT2D eigenvalue weighted by Gasteiger charge is 2.45. The number of carbonyl (C=O) groups is 1. The topological polar surface area (TPSA) is 67.0 Å². The standard InChI is InChI=1S/C21H20F3N3O2/c1-12(18-6-5-14(10-26-18)29-11-21(22,23)24)27-20(28)17-9-16(17)15-4-2-3-13-7-8-25-19(13)15/h2-8,10,12,16-17,25H,9,11H2,1H3,(H,27,28)/t12?,16-,17+/m0/s1. The molecule has 1 aromatic carbocycles. The Balaban J connectivity index is 1.35. The molecule has 2 heterocycles. The molecule has 152 valence electrons. The summed E-state index contributed by atoms with van der Waals surface area (Å²) in [6.45, 7) is 0.427. The maximum atomic E-state index is 12.6. The summed E-state index contributed by atoms with van der Waals surface area (Å²) in [7, 11) is 0. The van der Waals surface area contributed by atoms with Gasteiger partial charge in [-0.25, -0.2) is 0 Å². The van der Waals surface area contributed by atoms with Crippen LogP contribution in [-0.2, 0) is 4.79 Å². The molecule has 8 heteroatoms. The van der Waals surface area contributed by atoms with E-state index < -0.39 is 12.8 Å². The third-order valence-electron chi connectivity index (χ3n) is 5.11. The Morgan fingerprint density at radius 3 is 2.86 bits per heavy atom. The number of ether oxygens (including phenoxy) is 1. The molecule has 4 rings (SSSR count). The molecule has 0 radical (unpaired) electrons. The number of hydrogen-bond donors (Lipinski definition) is 2. The molecule has 2 N–H and O–H groups in total. The maximum absolute atomic E-state index is 12.6. The summed E-state index contributed by atoms with van der Waals surface area (Å²) in [4.78, 5) is 20.0. The van der Waals surface area contributed by atoms with Crippen LogP contribution in [-0.4, -0.2) is 28.7 Å². The van der Waals surface area contributed by atoms with Crippen LogP contribution in [0, 0.1) is 5.92 Å². The molecule has 1 amide bonds. The van der Waals surface area contributed by atoms with Gasteiger partial charge in [-0.2, -0.15) is 13.2 Å². The second kappa shape index (κ2) is 7.42. The number of carbonyl (C=O) groups excluding carboxylic acids is 1. The van der Waals surface area contributed by atoms with E-state index in [4.69, 9.17) is 0 Å². The quantitative estimate of drug-likeness (QED) is 0.638. The maximum Gasteiger partial charge on any atom is 0.422 e. The van der Waals surface area contributed by atoms with Crippen molar-refractivity contribution < 1.29 is 22.7 Å². The monoisotopic (exact) mass is 403 g/mol. The highest BCUT2D eigenvalue weighted by Crippen LogP contribution is 2.49. The molecule has 2 aromatic heterocycles. The molecule has 3 aromatic rings. The smallest absolute Gasteiger partial charge is 0.422 e. The Bertz CT molecular complexity index is 1010. The summed E-state index contributed by atoms with van der Waals surface area (Å²) in [5.41, 5.74) is 2.77. The van der Waals surface area contributed by atoms with Gasteiger partial charge in [0.1, 0.15) is 5.75 Å². The Hall–Kier alpha value is -3.03. The van der Waals surface area contributed by atoms with Gasteiger partial charge in [-0.3, -0.25) is 9.78 Å². The molecule has 1 aliphatic carbocycles. The van der Waals surface area contributed by atoms with Gasteiger partial charge in [-0.1, -0.05) is 18.2 Å². The number of para-hydroxylation sites is 1. The number of amides is 1. The first kappa shape index (κ1) is 19.3. The number of benzene rings is 1.